The van der Waals surface area contributed by atoms with Gasteiger partial charge in [0, 0.05) is 12.7 Å². The molecule has 3 rings (SSSR count). The van der Waals surface area contributed by atoms with Gasteiger partial charge in [0.15, 0.2) is 12.6 Å². The van der Waals surface area contributed by atoms with Crippen molar-refractivity contribution in [1.29, 1.82) is 0 Å². The van der Waals surface area contributed by atoms with Crippen LogP contribution in [0.5, 0.6) is 0 Å². The molecule has 0 radical (unpaired) electrons. The van der Waals surface area contributed by atoms with Crippen molar-refractivity contribution in [3.05, 3.63) is 35.9 Å². The number of likely N-dealkylation sites (N-methyl/N-ethyl adjacent to an activating group) is 1. The average Bonchev–Trinajstić information content (AvgIpc) is 2.54. The van der Waals surface area contributed by atoms with E-state index in [0.29, 0.717) is 6.61 Å². The van der Waals surface area contributed by atoms with E-state index in [9.17, 15) is 5.11 Å². The molecule has 1 aromatic carbocycles. The summed E-state index contributed by atoms with van der Waals surface area (Å²) in [5.74, 6) is 0. The number of rotatable bonds is 3. The summed E-state index contributed by atoms with van der Waals surface area (Å²) in [6.45, 7) is 0.404. The minimum atomic E-state index is -0.782. The molecule has 6 unspecified atom stereocenters. The quantitative estimate of drug-likeness (QED) is 0.890. The van der Waals surface area contributed by atoms with Crippen LogP contribution in [0.15, 0.2) is 30.3 Å². The van der Waals surface area contributed by atoms with Crippen molar-refractivity contribution in [3.8, 4) is 0 Å². The number of methoxy groups -OCH3 is 1. The zero-order valence-electron chi connectivity index (χ0n) is 13.1. The first kappa shape index (κ1) is 15.9. The first-order chi connectivity index (χ1) is 10.6. The van der Waals surface area contributed by atoms with Crippen molar-refractivity contribution in [2.45, 2.75) is 36.9 Å². The average molecular weight is 309 g/mol. The van der Waals surface area contributed by atoms with E-state index in [-0.39, 0.29) is 18.2 Å². The maximum absolute atomic E-state index is 10.5. The zero-order valence-corrected chi connectivity index (χ0v) is 13.1. The van der Waals surface area contributed by atoms with Gasteiger partial charge in [-0.05, 0) is 14.1 Å². The first-order valence-corrected chi connectivity index (χ1v) is 7.46. The monoisotopic (exact) mass is 309 g/mol. The van der Waals surface area contributed by atoms with Gasteiger partial charge in [-0.1, -0.05) is 30.3 Å². The van der Waals surface area contributed by atoms with Crippen LogP contribution in [0.25, 0.3) is 0 Å². The number of ether oxygens (including phenoxy) is 4. The Balaban J connectivity index is 1.81. The Bertz CT molecular complexity index is 483. The largest absolute Gasteiger partial charge is 0.386 e. The summed E-state index contributed by atoms with van der Waals surface area (Å²) in [5.41, 5.74) is 0.960. The molecular weight excluding hydrogens is 286 g/mol. The van der Waals surface area contributed by atoms with Gasteiger partial charge in [0.1, 0.15) is 18.3 Å². The smallest absolute Gasteiger partial charge is 0.185 e. The highest BCUT2D eigenvalue weighted by atomic mass is 16.7. The summed E-state index contributed by atoms with van der Waals surface area (Å²) >= 11 is 0. The first-order valence-electron chi connectivity index (χ1n) is 7.46. The van der Waals surface area contributed by atoms with E-state index in [4.69, 9.17) is 18.9 Å². The van der Waals surface area contributed by atoms with Gasteiger partial charge >= 0.3 is 0 Å². The number of benzene rings is 1. The van der Waals surface area contributed by atoms with Crippen molar-refractivity contribution >= 4 is 0 Å². The topological polar surface area (TPSA) is 60.4 Å². The number of aliphatic hydroxyl groups is 1. The molecule has 0 spiro atoms. The predicted octanol–water partition coefficient (Wildman–Crippen LogP) is 0.763. The number of hydrogen-bond donors (Lipinski definition) is 1. The highest BCUT2D eigenvalue weighted by molar-refractivity contribution is 5.16. The summed E-state index contributed by atoms with van der Waals surface area (Å²) < 4.78 is 22.9. The molecule has 2 aliphatic heterocycles. The minimum absolute atomic E-state index is 0.223. The fourth-order valence-corrected chi connectivity index (χ4v) is 3.15. The molecule has 1 aromatic rings. The molecule has 2 saturated heterocycles. The highest BCUT2D eigenvalue weighted by Crippen LogP contribution is 2.35. The molecule has 0 aromatic heterocycles. The van der Waals surface area contributed by atoms with Gasteiger partial charge in [0.25, 0.3) is 0 Å². The second-order valence-corrected chi connectivity index (χ2v) is 5.90. The van der Waals surface area contributed by atoms with Crippen molar-refractivity contribution < 1.29 is 24.1 Å². The molecule has 1 N–H and O–H groups in total. The SMILES string of the molecule is COC1OC2COC(c3ccccc3)OC2C(N(C)C)C1O. The van der Waals surface area contributed by atoms with Crippen LogP contribution in [0.1, 0.15) is 11.9 Å². The minimum Gasteiger partial charge on any atom is -0.386 e. The van der Waals surface area contributed by atoms with Crippen molar-refractivity contribution in [2.24, 2.45) is 0 Å². The molecule has 6 nitrogen and oxygen atoms in total. The van der Waals surface area contributed by atoms with Crippen LogP contribution >= 0.6 is 0 Å². The highest BCUT2D eigenvalue weighted by Gasteiger charge is 2.50. The molecule has 22 heavy (non-hydrogen) atoms. The molecule has 0 saturated carbocycles. The van der Waals surface area contributed by atoms with Crippen LogP contribution in [0.3, 0.4) is 0 Å². The van der Waals surface area contributed by atoms with Gasteiger partial charge < -0.3 is 29.0 Å². The van der Waals surface area contributed by atoms with Crippen LogP contribution in [-0.2, 0) is 18.9 Å². The Morgan fingerprint density at radius 1 is 1.18 bits per heavy atom. The van der Waals surface area contributed by atoms with E-state index < -0.39 is 18.7 Å². The van der Waals surface area contributed by atoms with E-state index >= 15 is 0 Å². The molecular formula is C16H23NO5. The van der Waals surface area contributed by atoms with Crippen LogP contribution in [0.4, 0.5) is 0 Å². The maximum Gasteiger partial charge on any atom is 0.185 e. The Hall–Kier alpha value is -1.02. The third-order valence-corrected chi connectivity index (χ3v) is 4.23. The fourth-order valence-electron chi connectivity index (χ4n) is 3.15. The van der Waals surface area contributed by atoms with Gasteiger partial charge in [-0.25, -0.2) is 0 Å². The van der Waals surface area contributed by atoms with Gasteiger partial charge in [-0.15, -0.1) is 0 Å². The predicted molar refractivity (Wildman–Crippen MR) is 79.2 cm³/mol. The van der Waals surface area contributed by atoms with E-state index in [1.165, 1.54) is 7.11 Å². The molecule has 0 amide bonds. The van der Waals surface area contributed by atoms with Crippen molar-refractivity contribution in [2.75, 3.05) is 27.8 Å². The summed E-state index contributed by atoms with van der Waals surface area (Å²) in [6, 6.07) is 9.56. The molecule has 0 bridgehead atoms. The maximum atomic E-state index is 10.5. The lowest BCUT2D eigenvalue weighted by molar-refractivity contribution is -0.348. The number of aliphatic hydroxyl groups excluding tert-OH is 1. The molecule has 6 heteroatoms. The third kappa shape index (κ3) is 2.90. The molecule has 6 atom stereocenters. The van der Waals surface area contributed by atoms with E-state index in [1.807, 2.05) is 49.3 Å². The normalized spacial score (nSPS) is 38.8. The Morgan fingerprint density at radius 2 is 1.91 bits per heavy atom. The second kappa shape index (κ2) is 6.62. The number of nitrogens with zero attached hydrogens (tertiary/aromatic N) is 1. The third-order valence-electron chi connectivity index (χ3n) is 4.23. The zero-order chi connectivity index (χ0) is 15.7. The fraction of sp³-hybridized carbons (Fsp3) is 0.625. The summed E-state index contributed by atoms with van der Waals surface area (Å²) in [6.07, 6.45) is -2.44. The van der Waals surface area contributed by atoms with Gasteiger partial charge in [0.05, 0.1) is 12.6 Å². The Kier molecular flexibility index (Phi) is 4.77. The van der Waals surface area contributed by atoms with Crippen LogP contribution in [-0.4, -0.2) is 68.5 Å². The lowest BCUT2D eigenvalue weighted by atomic mass is 9.94. The van der Waals surface area contributed by atoms with Gasteiger partial charge in [0.2, 0.25) is 0 Å². The van der Waals surface area contributed by atoms with Crippen molar-refractivity contribution in [1.82, 2.24) is 4.90 Å². The van der Waals surface area contributed by atoms with E-state index in [2.05, 4.69) is 0 Å². The summed E-state index contributed by atoms with van der Waals surface area (Å²) in [4.78, 5) is 1.95. The number of fused-ring (bicyclic) bond motifs is 1. The molecule has 2 heterocycles. The standard InChI is InChI=1S/C16H23NO5/c1-17(2)12-13(18)16(19-3)21-11-9-20-15(22-14(11)12)10-7-5-4-6-8-10/h4-8,11-16,18H,9H2,1-3H3. The van der Waals surface area contributed by atoms with Crippen LogP contribution < -0.4 is 0 Å². The molecule has 2 aliphatic rings. The Morgan fingerprint density at radius 3 is 2.55 bits per heavy atom. The lowest BCUT2D eigenvalue weighted by Gasteiger charge is -2.49. The van der Waals surface area contributed by atoms with Crippen molar-refractivity contribution in [3.63, 3.8) is 0 Å². The van der Waals surface area contributed by atoms with Crippen LogP contribution in [0, 0.1) is 0 Å². The van der Waals surface area contributed by atoms with Gasteiger partial charge in [-0.2, -0.15) is 0 Å². The van der Waals surface area contributed by atoms with Crippen LogP contribution in [0.2, 0.25) is 0 Å². The number of hydrogen-bond acceptors (Lipinski definition) is 6. The summed E-state index contributed by atoms with van der Waals surface area (Å²) in [7, 11) is 5.36. The molecule has 122 valence electrons. The Labute approximate surface area is 130 Å². The van der Waals surface area contributed by atoms with E-state index in [0.717, 1.165) is 5.56 Å². The van der Waals surface area contributed by atoms with E-state index in [1.54, 1.807) is 0 Å². The lowest BCUT2D eigenvalue weighted by Crippen LogP contribution is -2.66. The molecule has 2 fully saturated rings. The second-order valence-electron chi connectivity index (χ2n) is 5.90. The summed E-state index contributed by atoms with van der Waals surface area (Å²) in [5, 5.41) is 10.5. The van der Waals surface area contributed by atoms with Gasteiger partial charge in [-0.3, -0.25) is 0 Å². The molecule has 0 aliphatic carbocycles.